The van der Waals surface area contributed by atoms with Gasteiger partial charge in [-0.25, -0.2) is 13.0 Å². The molecular weight excluding hydrogens is 670 g/mol. The van der Waals surface area contributed by atoms with Gasteiger partial charge in [-0.2, -0.15) is 8.42 Å². The average Bonchev–Trinajstić information content (AvgIpc) is 3.05. The molecular formula is C37H37N3NaO6S2. The van der Waals surface area contributed by atoms with Gasteiger partial charge in [-0.15, -0.1) is 0 Å². The molecule has 49 heavy (non-hydrogen) atoms. The van der Waals surface area contributed by atoms with Crippen molar-refractivity contribution in [2.24, 2.45) is 0 Å². The summed E-state index contributed by atoms with van der Waals surface area (Å²) in [6.45, 7) is 0.443. The Hall–Kier alpha value is -3.81. The topological polar surface area (TPSA) is 121 Å². The van der Waals surface area contributed by atoms with E-state index in [0.717, 1.165) is 39.4 Å². The fourth-order valence-electron chi connectivity index (χ4n) is 5.47. The molecule has 0 bridgehead atoms. The van der Waals surface area contributed by atoms with Gasteiger partial charge in [0.1, 0.15) is 24.2 Å². The quantitative estimate of drug-likeness (QED) is 0.133. The molecule has 12 heteroatoms. The molecule has 0 aromatic heterocycles. The SMILES string of the molecule is CN(C)c1ccc(C(=C2C=CC(=[N+](C)C)C=C2)c2ccc(N(Cc3cccc(S(=O)(=O)[O-])c3)Cc3cccc(S(=O)(=O)O)c3)cc2)cc1.[Na]. The van der Waals surface area contributed by atoms with Gasteiger partial charge in [0.15, 0.2) is 5.71 Å². The van der Waals surface area contributed by atoms with Crippen LogP contribution >= 0.6 is 0 Å². The molecule has 1 radical (unpaired) electrons. The van der Waals surface area contributed by atoms with E-state index in [0.29, 0.717) is 11.1 Å². The summed E-state index contributed by atoms with van der Waals surface area (Å²) in [7, 11) is -1.08. The van der Waals surface area contributed by atoms with Crippen LogP contribution in [0.5, 0.6) is 0 Å². The third-order valence-corrected chi connectivity index (χ3v) is 9.68. The van der Waals surface area contributed by atoms with Crippen LogP contribution in [0.1, 0.15) is 22.3 Å². The maximum Gasteiger partial charge on any atom is 0.294 e. The summed E-state index contributed by atoms with van der Waals surface area (Å²) in [5.74, 6) is 0. The van der Waals surface area contributed by atoms with Gasteiger partial charge in [0.25, 0.3) is 10.1 Å². The molecule has 0 aliphatic heterocycles. The fourth-order valence-corrected chi connectivity index (χ4v) is 6.57. The van der Waals surface area contributed by atoms with E-state index in [9.17, 15) is 25.9 Å². The number of hydrogen-bond acceptors (Lipinski definition) is 7. The van der Waals surface area contributed by atoms with Crippen LogP contribution in [0.2, 0.25) is 0 Å². The second kappa shape index (κ2) is 15.8. The first kappa shape index (κ1) is 38.0. The zero-order valence-electron chi connectivity index (χ0n) is 28.1. The Balaban J connectivity index is 0.00000541. The first-order valence-electron chi connectivity index (χ1n) is 15.1. The summed E-state index contributed by atoms with van der Waals surface area (Å²) in [5, 5.41) is 0. The summed E-state index contributed by atoms with van der Waals surface area (Å²) >= 11 is 0. The number of benzene rings is 4. The molecule has 0 unspecified atom stereocenters. The van der Waals surface area contributed by atoms with Crippen LogP contribution in [0.4, 0.5) is 11.4 Å². The van der Waals surface area contributed by atoms with E-state index in [2.05, 4.69) is 48.6 Å². The minimum Gasteiger partial charge on any atom is -0.744 e. The molecule has 0 amide bonds. The average molecular weight is 707 g/mol. The molecule has 0 saturated heterocycles. The van der Waals surface area contributed by atoms with Gasteiger partial charge in [-0.05, 0) is 94.1 Å². The van der Waals surface area contributed by atoms with Crippen LogP contribution in [0.3, 0.4) is 0 Å². The van der Waals surface area contributed by atoms with Gasteiger partial charge in [0, 0.05) is 80.3 Å². The number of allylic oxidation sites excluding steroid dienone is 5. The van der Waals surface area contributed by atoms with Crippen molar-refractivity contribution in [2.45, 2.75) is 22.9 Å². The maximum atomic E-state index is 11.9. The number of nitrogens with zero attached hydrogens (tertiary/aromatic N) is 3. The molecule has 0 saturated carbocycles. The van der Waals surface area contributed by atoms with Gasteiger partial charge < -0.3 is 14.4 Å². The molecule has 0 heterocycles. The second-order valence-electron chi connectivity index (χ2n) is 11.9. The predicted octanol–water partition coefficient (Wildman–Crippen LogP) is 5.37. The van der Waals surface area contributed by atoms with E-state index in [4.69, 9.17) is 0 Å². The molecule has 4 aromatic carbocycles. The van der Waals surface area contributed by atoms with E-state index in [-0.39, 0.29) is 52.4 Å². The van der Waals surface area contributed by atoms with Crippen molar-refractivity contribution in [1.82, 2.24) is 0 Å². The Morgan fingerprint density at radius 3 is 1.61 bits per heavy atom. The normalized spacial score (nSPS) is 12.8. The molecule has 4 aromatic rings. The second-order valence-corrected chi connectivity index (χ2v) is 14.7. The van der Waals surface area contributed by atoms with Gasteiger partial charge in [0.2, 0.25) is 0 Å². The Morgan fingerprint density at radius 1 is 0.694 bits per heavy atom. The fraction of sp³-hybridized carbons (Fsp3) is 0.162. The Morgan fingerprint density at radius 2 is 1.16 bits per heavy atom. The van der Waals surface area contributed by atoms with Crippen molar-refractivity contribution >= 4 is 72.5 Å². The van der Waals surface area contributed by atoms with Crippen molar-refractivity contribution in [2.75, 3.05) is 38.0 Å². The molecule has 9 nitrogen and oxygen atoms in total. The number of rotatable bonds is 10. The van der Waals surface area contributed by atoms with E-state index in [1.165, 1.54) is 30.3 Å². The molecule has 0 fully saturated rings. The minimum absolute atomic E-state index is 0. The van der Waals surface area contributed by atoms with Crippen molar-refractivity contribution in [3.63, 3.8) is 0 Å². The third kappa shape index (κ3) is 9.67. The van der Waals surface area contributed by atoms with Crippen LogP contribution in [-0.2, 0) is 33.3 Å². The Kier molecular flexibility index (Phi) is 12.3. The monoisotopic (exact) mass is 706 g/mol. The van der Waals surface area contributed by atoms with Crippen molar-refractivity contribution in [3.05, 3.63) is 149 Å². The zero-order chi connectivity index (χ0) is 34.6. The summed E-state index contributed by atoms with van der Waals surface area (Å²) in [4.78, 5) is 3.44. The van der Waals surface area contributed by atoms with Crippen LogP contribution in [0, 0.1) is 0 Å². The Labute approximate surface area is 311 Å². The van der Waals surface area contributed by atoms with Crippen LogP contribution < -0.4 is 9.80 Å². The molecule has 1 N–H and O–H groups in total. The van der Waals surface area contributed by atoms with E-state index >= 15 is 0 Å². The molecule has 1 aliphatic carbocycles. The standard InChI is InChI=1S/C37H37N3O6S2.Na/c1-38(2)32-17-11-29(12-18-32)37(30-13-19-33(20-14-30)39(3)4)31-15-21-34(22-16-31)40(25-27-7-5-9-35(23-27)47(41,42)43)26-28-8-6-10-36(24-28)48(44,45)46;/h5-24H,25-26H2,1-4H3,(H-,41,42,43,44,45,46);. The number of hydrogen-bond donors (Lipinski definition) is 1. The molecule has 5 rings (SSSR count). The number of anilines is 2. The smallest absolute Gasteiger partial charge is 0.294 e. The van der Waals surface area contributed by atoms with Gasteiger partial charge >= 0.3 is 0 Å². The molecule has 249 valence electrons. The largest absolute Gasteiger partial charge is 0.744 e. The predicted molar refractivity (Wildman–Crippen MR) is 195 cm³/mol. The molecule has 0 atom stereocenters. The van der Waals surface area contributed by atoms with E-state index in [1.54, 1.807) is 18.2 Å². The third-order valence-electron chi connectivity index (χ3n) is 8.00. The van der Waals surface area contributed by atoms with Gasteiger partial charge in [-0.3, -0.25) is 4.55 Å². The van der Waals surface area contributed by atoms with Crippen molar-refractivity contribution < 1.29 is 30.5 Å². The maximum absolute atomic E-state index is 11.9. The van der Waals surface area contributed by atoms with E-state index in [1.807, 2.05) is 66.8 Å². The summed E-state index contributed by atoms with van der Waals surface area (Å²) < 4.78 is 70.6. The summed E-state index contributed by atoms with van der Waals surface area (Å²) in [6, 6.07) is 28.2. The van der Waals surface area contributed by atoms with Crippen molar-refractivity contribution in [1.29, 1.82) is 0 Å². The first-order valence-corrected chi connectivity index (χ1v) is 17.9. The molecule has 0 spiro atoms. The first-order chi connectivity index (χ1) is 22.7. The summed E-state index contributed by atoms with van der Waals surface area (Å²) in [6.07, 6.45) is 8.36. The summed E-state index contributed by atoms with van der Waals surface area (Å²) in [5.41, 5.74) is 8.22. The van der Waals surface area contributed by atoms with Gasteiger partial charge in [0.05, 0.1) is 9.79 Å². The van der Waals surface area contributed by atoms with Crippen LogP contribution in [0.15, 0.2) is 137 Å². The Bertz CT molecular complexity index is 2070. The van der Waals surface area contributed by atoms with Crippen molar-refractivity contribution in [3.8, 4) is 0 Å². The minimum atomic E-state index is -4.66. The van der Waals surface area contributed by atoms with Crippen LogP contribution in [-0.4, -0.2) is 94.0 Å². The van der Waals surface area contributed by atoms with Crippen LogP contribution in [0.25, 0.3) is 5.57 Å². The van der Waals surface area contributed by atoms with E-state index < -0.39 is 20.2 Å². The molecule has 1 aliphatic rings. The zero-order valence-corrected chi connectivity index (χ0v) is 31.7. The van der Waals surface area contributed by atoms with Gasteiger partial charge in [-0.1, -0.05) is 48.5 Å².